The molecule has 6 aromatic carbocycles. The third kappa shape index (κ3) is 4.70. The molecule has 190 valence electrons. The average Bonchev–Trinajstić information content (AvgIpc) is 3.05. The Hall–Kier alpha value is -5.28. The maximum atomic E-state index is 4.99. The van der Waals surface area contributed by atoms with Gasteiger partial charge in [-0.25, -0.2) is 9.98 Å². The molecule has 6 aromatic rings. The van der Waals surface area contributed by atoms with Gasteiger partial charge in [-0.15, -0.1) is 0 Å². The molecule has 0 fully saturated rings. The predicted octanol–water partition coefficient (Wildman–Crippen LogP) is 8.67. The minimum Gasteiger partial charge on any atom is -0.344 e. The van der Waals surface area contributed by atoms with E-state index >= 15 is 0 Å². The van der Waals surface area contributed by atoms with Gasteiger partial charge in [-0.2, -0.15) is 0 Å². The first kappa shape index (κ1) is 23.8. The summed E-state index contributed by atoms with van der Waals surface area (Å²) in [5.74, 6) is 1.55. The highest BCUT2D eigenvalue weighted by atomic mass is 15.2. The normalized spacial score (nSPS) is 14.8. The molecule has 1 unspecified atom stereocenters. The van der Waals surface area contributed by atoms with Crippen LogP contribution in [-0.2, 0) is 0 Å². The second kappa shape index (κ2) is 10.5. The Labute approximate surface area is 234 Å². The van der Waals surface area contributed by atoms with Crippen molar-refractivity contribution >= 4 is 22.4 Å². The number of hydrogen-bond acceptors (Lipinski definition) is 3. The van der Waals surface area contributed by atoms with E-state index in [0.717, 1.165) is 28.4 Å². The lowest BCUT2D eigenvalue weighted by Gasteiger charge is -2.24. The van der Waals surface area contributed by atoms with Crippen LogP contribution in [-0.4, -0.2) is 11.7 Å². The van der Waals surface area contributed by atoms with Gasteiger partial charge in [0.2, 0.25) is 0 Å². The topological polar surface area (TPSA) is 36.8 Å². The second-order valence-electron chi connectivity index (χ2n) is 9.93. The predicted molar refractivity (Wildman–Crippen MR) is 167 cm³/mol. The van der Waals surface area contributed by atoms with Crippen LogP contribution >= 0.6 is 0 Å². The van der Waals surface area contributed by atoms with E-state index in [0.29, 0.717) is 0 Å². The van der Waals surface area contributed by atoms with E-state index in [2.05, 4.69) is 121 Å². The van der Waals surface area contributed by atoms with Gasteiger partial charge < -0.3 is 5.32 Å². The van der Waals surface area contributed by atoms with Crippen molar-refractivity contribution in [2.24, 2.45) is 9.98 Å². The molecule has 0 amide bonds. The van der Waals surface area contributed by atoms with Crippen molar-refractivity contribution in [3.63, 3.8) is 0 Å². The molecule has 1 atom stereocenters. The minimum absolute atomic E-state index is 0.219. The SMILES string of the molecule is c1ccc(C2=NC(c3ccccc3)NC(c3ccc4ccc(-c5ccccc5-c5ccccc5)cc4c3)=N2)cc1. The standard InChI is InChI=1S/C37H27N3/c1-4-12-27(13-5-1)33-18-10-11-19-34(33)30-22-20-26-21-23-31(25-32(26)24-30)37-39-35(28-14-6-2-7-15-28)38-36(40-37)29-16-8-3-9-17-29/h1-25,35H,(H,38,39,40). The molecule has 3 nitrogen and oxygen atoms in total. The Bertz CT molecular complexity index is 1860. The number of amidine groups is 2. The molecule has 0 saturated carbocycles. The fourth-order valence-corrected chi connectivity index (χ4v) is 5.28. The molecule has 1 aliphatic heterocycles. The third-order valence-corrected chi connectivity index (χ3v) is 7.33. The number of benzene rings is 6. The number of aliphatic imine (C=N–C) groups is 2. The summed E-state index contributed by atoms with van der Waals surface area (Å²) in [7, 11) is 0. The molecule has 1 N–H and O–H groups in total. The smallest absolute Gasteiger partial charge is 0.159 e. The van der Waals surface area contributed by atoms with Gasteiger partial charge in [-0.1, -0.05) is 140 Å². The Morgan fingerprint density at radius 2 is 1.00 bits per heavy atom. The van der Waals surface area contributed by atoms with Gasteiger partial charge in [0.15, 0.2) is 5.84 Å². The first-order chi connectivity index (χ1) is 19.8. The molecule has 3 heteroatoms. The lowest BCUT2D eigenvalue weighted by atomic mass is 9.93. The lowest BCUT2D eigenvalue weighted by molar-refractivity contribution is 0.674. The highest BCUT2D eigenvalue weighted by Gasteiger charge is 2.21. The van der Waals surface area contributed by atoms with Crippen LogP contribution in [0.5, 0.6) is 0 Å². The molecule has 0 saturated heterocycles. The Morgan fingerprint density at radius 1 is 0.450 bits per heavy atom. The molecule has 0 spiro atoms. The monoisotopic (exact) mass is 513 g/mol. The molecular formula is C37H27N3. The van der Waals surface area contributed by atoms with Crippen LogP contribution in [0.4, 0.5) is 0 Å². The largest absolute Gasteiger partial charge is 0.344 e. The Kier molecular flexibility index (Phi) is 6.23. The molecule has 0 aliphatic carbocycles. The summed E-state index contributed by atoms with van der Waals surface area (Å²) in [6.45, 7) is 0. The van der Waals surface area contributed by atoms with Gasteiger partial charge in [0.25, 0.3) is 0 Å². The summed E-state index contributed by atoms with van der Waals surface area (Å²) in [4.78, 5) is 9.97. The van der Waals surface area contributed by atoms with Crippen molar-refractivity contribution in [2.45, 2.75) is 6.17 Å². The fraction of sp³-hybridized carbons (Fsp3) is 0.0270. The van der Waals surface area contributed by atoms with E-state index in [-0.39, 0.29) is 6.17 Å². The van der Waals surface area contributed by atoms with Crippen molar-refractivity contribution < 1.29 is 0 Å². The summed E-state index contributed by atoms with van der Waals surface area (Å²) < 4.78 is 0. The van der Waals surface area contributed by atoms with Gasteiger partial charge >= 0.3 is 0 Å². The highest BCUT2D eigenvalue weighted by molar-refractivity contribution is 6.14. The molecule has 7 rings (SSSR count). The molecule has 40 heavy (non-hydrogen) atoms. The van der Waals surface area contributed by atoms with Crippen molar-refractivity contribution in [3.8, 4) is 22.3 Å². The average molecular weight is 514 g/mol. The first-order valence-corrected chi connectivity index (χ1v) is 13.5. The number of nitrogens with one attached hydrogen (secondary N) is 1. The van der Waals surface area contributed by atoms with Crippen molar-refractivity contribution in [1.82, 2.24) is 5.32 Å². The molecule has 0 aromatic heterocycles. The number of fused-ring (bicyclic) bond motifs is 1. The summed E-state index contributed by atoms with van der Waals surface area (Å²) in [6.07, 6.45) is -0.219. The summed E-state index contributed by atoms with van der Waals surface area (Å²) in [6, 6.07) is 52.9. The number of hydrogen-bond donors (Lipinski definition) is 1. The Morgan fingerprint density at radius 3 is 1.70 bits per heavy atom. The van der Waals surface area contributed by atoms with Gasteiger partial charge in [0.1, 0.15) is 12.0 Å². The van der Waals surface area contributed by atoms with Gasteiger partial charge in [0, 0.05) is 11.1 Å². The van der Waals surface area contributed by atoms with Crippen LogP contribution < -0.4 is 5.32 Å². The second-order valence-corrected chi connectivity index (χ2v) is 9.93. The van der Waals surface area contributed by atoms with Crippen molar-refractivity contribution in [1.29, 1.82) is 0 Å². The van der Waals surface area contributed by atoms with E-state index in [4.69, 9.17) is 9.98 Å². The molecular weight excluding hydrogens is 486 g/mol. The fourth-order valence-electron chi connectivity index (χ4n) is 5.28. The Balaban J connectivity index is 1.31. The summed E-state index contributed by atoms with van der Waals surface area (Å²) in [5.41, 5.74) is 7.99. The zero-order valence-corrected chi connectivity index (χ0v) is 21.9. The third-order valence-electron chi connectivity index (χ3n) is 7.33. The molecule has 1 aliphatic rings. The zero-order valence-electron chi connectivity index (χ0n) is 21.9. The van der Waals surface area contributed by atoms with E-state index in [1.165, 1.54) is 33.0 Å². The van der Waals surface area contributed by atoms with Crippen LogP contribution in [0.1, 0.15) is 22.9 Å². The van der Waals surface area contributed by atoms with E-state index in [1.807, 2.05) is 36.4 Å². The quantitative estimate of drug-likeness (QED) is 0.246. The van der Waals surface area contributed by atoms with Crippen LogP contribution in [0.3, 0.4) is 0 Å². The zero-order chi connectivity index (χ0) is 26.7. The van der Waals surface area contributed by atoms with Gasteiger partial charge in [-0.3, -0.25) is 0 Å². The summed E-state index contributed by atoms with van der Waals surface area (Å²) >= 11 is 0. The molecule has 0 radical (unpaired) electrons. The molecule has 1 heterocycles. The maximum absolute atomic E-state index is 4.99. The number of nitrogens with zero attached hydrogens (tertiary/aromatic N) is 2. The van der Waals surface area contributed by atoms with E-state index < -0.39 is 0 Å². The van der Waals surface area contributed by atoms with Crippen molar-refractivity contribution in [2.75, 3.05) is 0 Å². The van der Waals surface area contributed by atoms with E-state index in [9.17, 15) is 0 Å². The summed E-state index contributed by atoms with van der Waals surface area (Å²) in [5, 5.41) is 5.95. The van der Waals surface area contributed by atoms with Gasteiger partial charge in [0.05, 0.1) is 0 Å². The van der Waals surface area contributed by atoms with E-state index in [1.54, 1.807) is 0 Å². The highest BCUT2D eigenvalue weighted by Crippen LogP contribution is 2.34. The lowest BCUT2D eigenvalue weighted by Crippen LogP contribution is -2.33. The maximum Gasteiger partial charge on any atom is 0.159 e. The molecule has 0 bridgehead atoms. The number of rotatable bonds is 5. The van der Waals surface area contributed by atoms with Crippen LogP contribution in [0.25, 0.3) is 33.0 Å². The van der Waals surface area contributed by atoms with Crippen LogP contribution in [0, 0.1) is 0 Å². The first-order valence-electron chi connectivity index (χ1n) is 13.5. The van der Waals surface area contributed by atoms with Gasteiger partial charge in [-0.05, 0) is 50.7 Å². The van der Waals surface area contributed by atoms with Crippen LogP contribution in [0.2, 0.25) is 0 Å². The van der Waals surface area contributed by atoms with Crippen molar-refractivity contribution in [3.05, 3.63) is 168 Å². The minimum atomic E-state index is -0.219. The van der Waals surface area contributed by atoms with Crippen LogP contribution in [0.15, 0.2) is 162 Å².